The molecule has 112 valence electrons. The van der Waals surface area contributed by atoms with Crippen molar-refractivity contribution in [2.45, 2.75) is 44.8 Å². The van der Waals surface area contributed by atoms with Gasteiger partial charge in [0.1, 0.15) is 11.1 Å². The van der Waals surface area contributed by atoms with Crippen molar-refractivity contribution in [3.05, 3.63) is 28.8 Å². The highest BCUT2D eigenvalue weighted by Gasteiger charge is 2.46. The predicted molar refractivity (Wildman–Crippen MR) is 80.3 cm³/mol. The van der Waals surface area contributed by atoms with Gasteiger partial charge in [-0.15, -0.1) is 0 Å². The molecule has 0 aromatic heterocycles. The van der Waals surface area contributed by atoms with Gasteiger partial charge in [-0.2, -0.15) is 4.99 Å². The molecule has 0 heterocycles. The summed E-state index contributed by atoms with van der Waals surface area (Å²) in [6.07, 6.45) is 2.51. The molecule has 1 saturated carbocycles. The van der Waals surface area contributed by atoms with E-state index in [1.807, 2.05) is 0 Å². The first kappa shape index (κ1) is 15.5. The fourth-order valence-electron chi connectivity index (χ4n) is 2.09. The third-order valence-electron chi connectivity index (χ3n) is 3.10. The number of carbonyl (C=O) groups excluding carboxylic acids is 2. The maximum Gasteiger partial charge on any atom is 0.412 e. The van der Waals surface area contributed by atoms with Crippen molar-refractivity contribution >= 4 is 29.5 Å². The Bertz CT molecular complexity index is 612. The van der Waals surface area contributed by atoms with Crippen molar-refractivity contribution in [2.24, 2.45) is 4.99 Å². The van der Waals surface area contributed by atoms with Crippen LogP contribution in [0.15, 0.2) is 23.2 Å². The van der Waals surface area contributed by atoms with Crippen molar-refractivity contribution in [1.82, 2.24) is 0 Å². The van der Waals surface area contributed by atoms with Gasteiger partial charge in [-0.1, -0.05) is 17.7 Å². The van der Waals surface area contributed by atoms with Gasteiger partial charge >= 0.3 is 6.09 Å². The van der Waals surface area contributed by atoms with Crippen molar-refractivity contribution in [3.63, 3.8) is 0 Å². The van der Waals surface area contributed by atoms with Gasteiger partial charge < -0.3 is 4.74 Å². The first-order valence-electron chi connectivity index (χ1n) is 6.65. The van der Waals surface area contributed by atoms with E-state index in [1.54, 1.807) is 45.1 Å². The summed E-state index contributed by atoms with van der Waals surface area (Å²) in [5, 5.41) is 3.16. The Morgan fingerprint density at radius 3 is 2.62 bits per heavy atom. The van der Waals surface area contributed by atoms with Gasteiger partial charge in [-0.3, -0.25) is 5.32 Å². The van der Waals surface area contributed by atoms with E-state index >= 15 is 0 Å². The number of nitrogens with one attached hydrogen (secondary N) is 1. The van der Waals surface area contributed by atoms with Gasteiger partial charge in [0.25, 0.3) is 0 Å². The summed E-state index contributed by atoms with van der Waals surface area (Å²) in [6, 6.07) is 5.10. The summed E-state index contributed by atoms with van der Waals surface area (Å²) in [5.74, 6) is 0. The number of hydrogen-bond donors (Lipinski definition) is 1. The monoisotopic (exact) mass is 308 g/mol. The summed E-state index contributed by atoms with van der Waals surface area (Å²) in [6.45, 7) is 5.35. The number of rotatable bonds is 3. The predicted octanol–water partition coefficient (Wildman–Crippen LogP) is 4.01. The van der Waals surface area contributed by atoms with Crippen LogP contribution < -0.4 is 5.32 Å². The highest BCUT2D eigenvalue weighted by Crippen LogP contribution is 2.52. The molecule has 0 saturated heterocycles. The lowest BCUT2D eigenvalue weighted by molar-refractivity contribution is 0.0636. The van der Waals surface area contributed by atoms with Gasteiger partial charge in [0, 0.05) is 10.6 Å². The molecule has 0 atom stereocenters. The van der Waals surface area contributed by atoms with Crippen molar-refractivity contribution in [3.8, 4) is 0 Å². The number of aliphatic imine (C=N–C) groups is 1. The lowest BCUT2D eigenvalue weighted by atomic mass is 10.0. The molecule has 1 aliphatic rings. The van der Waals surface area contributed by atoms with E-state index in [1.165, 1.54) is 0 Å². The van der Waals surface area contributed by atoms with Gasteiger partial charge in [-0.25, -0.2) is 9.59 Å². The largest absolute Gasteiger partial charge is 0.444 e. The van der Waals surface area contributed by atoms with E-state index in [9.17, 15) is 9.59 Å². The van der Waals surface area contributed by atoms with Crippen LogP contribution in [0.25, 0.3) is 0 Å². The van der Waals surface area contributed by atoms with Crippen molar-refractivity contribution in [2.75, 3.05) is 5.32 Å². The third kappa shape index (κ3) is 3.84. The molecule has 6 heteroatoms. The number of nitrogens with zero attached hydrogens (tertiary/aromatic N) is 1. The van der Waals surface area contributed by atoms with Crippen LogP contribution in [-0.4, -0.2) is 17.8 Å². The number of benzene rings is 1. The van der Waals surface area contributed by atoms with E-state index in [0.29, 0.717) is 10.7 Å². The second-order valence-corrected chi connectivity index (χ2v) is 6.49. The zero-order chi connectivity index (χ0) is 15.7. The number of ether oxygens (including phenoxy) is 1. The number of halogens is 1. The van der Waals surface area contributed by atoms with E-state index in [-0.39, 0.29) is 0 Å². The molecule has 1 amide bonds. The zero-order valence-corrected chi connectivity index (χ0v) is 13.0. The number of isocyanates is 1. The normalized spacial score (nSPS) is 15.8. The summed E-state index contributed by atoms with van der Waals surface area (Å²) in [5.41, 5.74) is 0.0759. The van der Waals surface area contributed by atoms with Crippen LogP contribution >= 0.6 is 11.6 Å². The molecule has 0 aliphatic heterocycles. The fraction of sp³-hybridized carbons (Fsp3) is 0.467. The Labute approximate surface area is 128 Å². The van der Waals surface area contributed by atoms with Gasteiger partial charge in [0.05, 0.1) is 5.69 Å². The van der Waals surface area contributed by atoms with Crippen LogP contribution in [0, 0.1) is 0 Å². The van der Waals surface area contributed by atoms with Crippen LogP contribution in [0.3, 0.4) is 0 Å². The van der Waals surface area contributed by atoms with Crippen LogP contribution in [-0.2, 0) is 15.1 Å². The van der Waals surface area contributed by atoms with Crippen molar-refractivity contribution < 1.29 is 14.3 Å². The number of anilines is 1. The number of carbonyl (C=O) groups is 1. The number of hydrogen-bond acceptors (Lipinski definition) is 4. The summed E-state index contributed by atoms with van der Waals surface area (Å²) in [7, 11) is 0. The van der Waals surface area contributed by atoms with E-state index < -0.39 is 17.2 Å². The Hall–Kier alpha value is -1.84. The smallest absolute Gasteiger partial charge is 0.412 e. The SMILES string of the molecule is CC(C)(C)OC(=O)Nc1cc(Cl)ccc1C1(N=C=O)CC1. The van der Waals surface area contributed by atoms with Gasteiger partial charge in [-0.05, 0) is 45.7 Å². The minimum Gasteiger partial charge on any atom is -0.444 e. The maximum absolute atomic E-state index is 11.9. The highest BCUT2D eigenvalue weighted by atomic mass is 35.5. The molecule has 1 aromatic carbocycles. The topological polar surface area (TPSA) is 67.8 Å². The average Bonchev–Trinajstić information content (AvgIpc) is 3.07. The van der Waals surface area contributed by atoms with Crippen molar-refractivity contribution in [1.29, 1.82) is 0 Å². The first-order chi connectivity index (χ1) is 9.76. The molecule has 21 heavy (non-hydrogen) atoms. The van der Waals surface area contributed by atoms with Gasteiger partial charge in [0.15, 0.2) is 0 Å². The zero-order valence-electron chi connectivity index (χ0n) is 12.2. The summed E-state index contributed by atoms with van der Waals surface area (Å²) < 4.78 is 5.23. The van der Waals surface area contributed by atoms with Crippen LogP contribution in [0.5, 0.6) is 0 Å². The van der Waals surface area contributed by atoms with Crippen LogP contribution in [0.2, 0.25) is 5.02 Å². The molecule has 0 radical (unpaired) electrons. The molecular weight excluding hydrogens is 292 g/mol. The highest BCUT2D eigenvalue weighted by molar-refractivity contribution is 6.31. The minimum atomic E-state index is -0.596. The Morgan fingerprint density at radius 2 is 2.10 bits per heavy atom. The maximum atomic E-state index is 11.9. The molecule has 0 unspecified atom stereocenters. The Balaban J connectivity index is 2.29. The third-order valence-corrected chi connectivity index (χ3v) is 3.34. The quantitative estimate of drug-likeness (QED) is 0.677. The fourth-order valence-corrected chi connectivity index (χ4v) is 2.26. The standard InChI is InChI=1S/C15H17ClN2O3/c1-14(2,3)21-13(20)18-12-8-10(16)4-5-11(12)15(6-7-15)17-9-19/h4-5,8H,6-7H2,1-3H3,(H,18,20). The van der Waals surface area contributed by atoms with E-state index in [2.05, 4.69) is 10.3 Å². The minimum absolute atomic E-state index is 0.482. The molecular formula is C15H17ClN2O3. The first-order valence-corrected chi connectivity index (χ1v) is 7.03. The second kappa shape index (κ2) is 5.51. The molecule has 0 bridgehead atoms. The second-order valence-electron chi connectivity index (χ2n) is 6.05. The Morgan fingerprint density at radius 1 is 1.43 bits per heavy atom. The molecule has 5 nitrogen and oxygen atoms in total. The molecule has 0 spiro atoms. The molecule has 1 aliphatic carbocycles. The molecule has 1 aromatic rings. The summed E-state index contributed by atoms with van der Waals surface area (Å²) in [4.78, 5) is 26.4. The average molecular weight is 309 g/mol. The lowest BCUT2D eigenvalue weighted by Crippen LogP contribution is -2.27. The molecule has 2 rings (SSSR count). The molecule has 1 N–H and O–H groups in total. The lowest BCUT2D eigenvalue weighted by Gasteiger charge is -2.21. The summed E-state index contributed by atoms with van der Waals surface area (Å²) >= 11 is 5.98. The van der Waals surface area contributed by atoms with Crippen LogP contribution in [0.4, 0.5) is 10.5 Å². The molecule has 1 fully saturated rings. The van der Waals surface area contributed by atoms with E-state index in [4.69, 9.17) is 16.3 Å². The van der Waals surface area contributed by atoms with Gasteiger partial charge in [0.2, 0.25) is 6.08 Å². The van der Waals surface area contributed by atoms with E-state index in [0.717, 1.165) is 18.4 Å². The Kier molecular flexibility index (Phi) is 4.08. The van der Waals surface area contributed by atoms with Crippen LogP contribution in [0.1, 0.15) is 39.2 Å². The number of amides is 1.